The van der Waals surface area contributed by atoms with Crippen LogP contribution in [0.25, 0.3) is 0 Å². The SMILES string of the molecule is CC(C(=O)Nc1cnc(Oc2c(F)cc(F)cc2CO)cn1)N1CCC(F)(F)C(c2cc[n+](O)cc2)C1. The van der Waals surface area contributed by atoms with Gasteiger partial charge in [-0.15, -0.1) is 0 Å². The van der Waals surface area contributed by atoms with Crippen LogP contribution in [0.5, 0.6) is 11.6 Å². The van der Waals surface area contributed by atoms with Crippen LogP contribution in [0.3, 0.4) is 0 Å². The fraction of sp³-hybridized carbons (Fsp3) is 0.333. The molecule has 1 fully saturated rings. The van der Waals surface area contributed by atoms with Gasteiger partial charge >= 0.3 is 0 Å². The van der Waals surface area contributed by atoms with E-state index < -0.39 is 54.2 Å². The molecule has 2 aromatic heterocycles. The highest BCUT2D eigenvalue weighted by Gasteiger charge is 2.46. The molecule has 1 aliphatic rings. The van der Waals surface area contributed by atoms with Gasteiger partial charge in [-0.05, 0) is 18.6 Å². The molecule has 3 heterocycles. The number of piperidine rings is 1. The average molecular weight is 522 g/mol. The first-order chi connectivity index (χ1) is 17.6. The van der Waals surface area contributed by atoms with E-state index in [0.717, 1.165) is 23.2 Å². The van der Waals surface area contributed by atoms with E-state index in [1.165, 1.54) is 24.5 Å². The lowest BCUT2D eigenvalue weighted by molar-refractivity contribution is -0.904. The molecule has 3 aromatic rings. The number of halogens is 4. The summed E-state index contributed by atoms with van der Waals surface area (Å²) in [7, 11) is 0. The van der Waals surface area contributed by atoms with Crippen molar-refractivity contribution < 1.29 is 42.1 Å². The monoisotopic (exact) mass is 522 g/mol. The first kappa shape index (κ1) is 26.2. The number of anilines is 1. The number of carbonyl (C=O) groups excluding carboxylic acids is 1. The van der Waals surface area contributed by atoms with Crippen molar-refractivity contribution >= 4 is 11.7 Å². The molecule has 9 nitrogen and oxygen atoms in total. The zero-order valence-electron chi connectivity index (χ0n) is 19.6. The van der Waals surface area contributed by atoms with Gasteiger partial charge in [-0.2, -0.15) is 0 Å². The number of ether oxygens (including phenoxy) is 1. The predicted octanol–water partition coefficient (Wildman–Crippen LogP) is 3.02. The Kier molecular flexibility index (Phi) is 7.55. The number of hydrogen-bond acceptors (Lipinski definition) is 7. The first-order valence-corrected chi connectivity index (χ1v) is 11.3. The van der Waals surface area contributed by atoms with Crippen molar-refractivity contribution in [3.8, 4) is 11.6 Å². The Balaban J connectivity index is 1.41. The molecular formula is C24H24F4N5O4+. The Hall–Kier alpha value is -3.84. The summed E-state index contributed by atoms with van der Waals surface area (Å²) in [5.74, 6) is -7.08. The maximum Gasteiger partial charge on any atom is 0.257 e. The average Bonchev–Trinajstić information content (AvgIpc) is 2.86. The summed E-state index contributed by atoms with van der Waals surface area (Å²) in [5.41, 5.74) is 0.220. The first-order valence-electron chi connectivity index (χ1n) is 11.3. The number of benzene rings is 1. The smallest absolute Gasteiger partial charge is 0.257 e. The third-order valence-corrected chi connectivity index (χ3v) is 6.17. The van der Waals surface area contributed by atoms with Crippen molar-refractivity contribution in [1.82, 2.24) is 14.9 Å². The number of nitrogens with one attached hydrogen (secondary N) is 1. The third-order valence-electron chi connectivity index (χ3n) is 6.17. The molecule has 13 heteroatoms. The van der Waals surface area contributed by atoms with Crippen LogP contribution >= 0.6 is 0 Å². The number of hydrogen-bond donors (Lipinski definition) is 3. The number of nitrogens with zero attached hydrogens (tertiary/aromatic N) is 4. The van der Waals surface area contributed by atoms with Gasteiger partial charge in [-0.3, -0.25) is 14.9 Å². The standard InChI is InChI=1S/C24H23F4N5O4/c1-14(32-7-4-24(27,28)18(12-32)15-2-5-33(36)6-3-15)23(35)31-20-10-30-21(11-29-20)37-22-16(13-34)8-17(25)9-19(22)26/h2-3,5-6,8-11,14,18,34H,4,7,12-13H2,1H3,(H-,29,31,35,36)/p+1. The van der Waals surface area contributed by atoms with Crippen molar-refractivity contribution in [2.75, 3.05) is 18.4 Å². The molecule has 2 atom stereocenters. The van der Waals surface area contributed by atoms with Gasteiger partial charge in [0.2, 0.25) is 24.2 Å². The normalized spacial score (nSPS) is 18.3. The summed E-state index contributed by atoms with van der Waals surface area (Å²) in [5, 5.41) is 21.3. The zero-order chi connectivity index (χ0) is 26.7. The van der Waals surface area contributed by atoms with E-state index in [1.54, 1.807) is 11.8 Å². The molecule has 0 bridgehead atoms. The molecular weight excluding hydrogens is 498 g/mol. The van der Waals surface area contributed by atoms with Gasteiger partial charge in [0, 0.05) is 48.0 Å². The Morgan fingerprint density at radius 1 is 1.27 bits per heavy atom. The predicted molar refractivity (Wildman–Crippen MR) is 120 cm³/mol. The molecule has 0 spiro atoms. The molecule has 37 heavy (non-hydrogen) atoms. The fourth-order valence-electron chi connectivity index (χ4n) is 4.07. The number of aromatic nitrogens is 3. The van der Waals surface area contributed by atoms with Gasteiger partial charge in [-0.1, -0.05) is 0 Å². The Morgan fingerprint density at radius 2 is 2.00 bits per heavy atom. The zero-order valence-corrected chi connectivity index (χ0v) is 19.6. The van der Waals surface area contributed by atoms with E-state index in [2.05, 4.69) is 15.3 Å². The van der Waals surface area contributed by atoms with Crippen LogP contribution in [0.4, 0.5) is 23.4 Å². The van der Waals surface area contributed by atoms with Crippen LogP contribution in [0.1, 0.15) is 30.4 Å². The summed E-state index contributed by atoms with van der Waals surface area (Å²) < 4.78 is 62.7. The van der Waals surface area contributed by atoms with E-state index in [4.69, 9.17) is 4.74 Å². The molecule has 3 N–H and O–H groups in total. The molecule has 1 aromatic carbocycles. The minimum atomic E-state index is -2.98. The number of rotatable bonds is 7. The van der Waals surface area contributed by atoms with Crippen molar-refractivity contribution in [2.24, 2.45) is 0 Å². The van der Waals surface area contributed by atoms with Gasteiger partial charge < -0.3 is 15.2 Å². The summed E-state index contributed by atoms with van der Waals surface area (Å²) >= 11 is 0. The molecule has 1 amide bonds. The van der Waals surface area contributed by atoms with Crippen LogP contribution in [0, 0.1) is 11.6 Å². The minimum Gasteiger partial charge on any atom is -0.434 e. The highest BCUT2D eigenvalue weighted by molar-refractivity contribution is 5.93. The van der Waals surface area contributed by atoms with E-state index in [0.29, 0.717) is 11.6 Å². The third kappa shape index (κ3) is 5.94. The Bertz CT molecular complexity index is 1260. The highest BCUT2D eigenvalue weighted by Crippen LogP contribution is 2.40. The van der Waals surface area contributed by atoms with E-state index >= 15 is 0 Å². The lowest BCUT2D eigenvalue weighted by Gasteiger charge is -2.40. The maximum absolute atomic E-state index is 14.6. The summed E-state index contributed by atoms with van der Waals surface area (Å²) in [6.07, 6.45) is 4.35. The quantitative estimate of drug-likeness (QED) is 0.249. The van der Waals surface area contributed by atoms with Gasteiger partial charge in [0.15, 0.2) is 17.4 Å². The van der Waals surface area contributed by atoms with Crippen molar-refractivity contribution in [3.63, 3.8) is 0 Å². The highest BCUT2D eigenvalue weighted by atomic mass is 19.3. The van der Waals surface area contributed by atoms with E-state index in [-0.39, 0.29) is 30.4 Å². The number of aliphatic hydroxyl groups excluding tert-OH is 1. The summed E-state index contributed by atoms with van der Waals surface area (Å²) in [4.78, 5) is 22.4. The molecule has 1 aliphatic heterocycles. The van der Waals surface area contributed by atoms with Crippen molar-refractivity contribution in [2.45, 2.75) is 37.8 Å². The molecule has 196 valence electrons. The van der Waals surface area contributed by atoms with Gasteiger partial charge in [0.1, 0.15) is 5.82 Å². The van der Waals surface area contributed by atoms with Crippen molar-refractivity contribution in [3.05, 3.63) is 71.8 Å². The number of alkyl halides is 2. The van der Waals surface area contributed by atoms with E-state index in [1.807, 2.05) is 0 Å². The van der Waals surface area contributed by atoms with Crippen LogP contribution in [0.2, 0.25) is 0 Å². The molecule has 1 saturated heterocycles. The topological polar surface area (TPSA) is 112 Å². The maximum atomic E-state index is 14.6. The number of pyridine rings is 1. The molecule has 0 aliphatic carbocycles. The second-order valence-corrected chi connectivity index (χ2v) is 8.61. The van der Waals surface area contributed by atoms with Gasteiger partial charge in [0.25, 0.3) is 5.92 Å². The Morgan fingerprint density at radius 3 is 2.65 bits per heavy atom. The lowest BCUT2D eigenvalue weighted by atomic mass is 9.87. The molecule has 0 radical (unpaired) electrons. The van der Waals surface area contributed by atoms with Gasteiger partial charge in [0.05, 0.1) is 31.0 Å². The second-order valence-electron chi connectivity index (χ2n) is 8.61. The van der Waals surface area contributed by atoms with E-state index in [9.17, 15) is 32.7 Å². The van der Waals surface area contributed by atoms with Gasteiger partial charge in [-0.25, -0.2) is 27.5 Å². The number of likely N-dealkylation sites (tertiary alicyclic amines) is 1. The molecule has 0 saturated carbocycles. The van der Waals surface area contributed by atoms with Crippen LogP contribution in [-0.2, 0) is 11.4 Å². The second kappa shape index (κ2) is 10.6. The molecule has 4 rings (SSSR count). The van der Waals surface area contributed by atoms with Crippen LogP contribution in [-0.4, -0.2) is 56.1 Å². The largest absolute Gasteiger partial charge is 0.434 e. The van der Waals surface area contributed by atoms with Crippen LogP contribution in [0.15, 0.2) is 49.1 Å². The summed E-state index contributed by atoms with van der Waals surface area (Å²) in [6.45, 7) is 0.839. The fourth-order valence-corrected chi connectivity index (χ4v) is 4.07. The number of aliphatic hydroxyl groups is 1. The number of carbonyl (C=O) groups is 1. The lowest BCUT2D eigenvalue weighted by Crippen LogP contribution is -2.52. The Labute approximate surface area is 208 Å². The van der Waals surface area contributed by atoms with Crippen LogP contribution < -0.4 is 14.8 Å². The molecule has 2 unspecified atom stereocenters. The van der Waals surface area contributed by atoms with Crippen molar-refractivity contribution in [1.29, 1.82) is 0 Å². The minimum absolute atomic E-state index is 0.000197. The number of amides is 1. The summed E-state index contributed by atoms with van der Waals surface area (Å²) in [6, 6.07) is 3.56.